The average Bonchev–Trinajstić information content (AvgIpc) is 3.20. The standard InChI is InChI=1S/C15H21N5OS/c1-10(16)15-19-13(9-22-15)14(21)18-11-3-5-12(6-4-11)20-8-2-7-17-20/h2,7-12H,3-6,16H2,1H3,(H,18,21)/t10-,11?,12?/m0/s1. The Labute approximate surface area is 133 Å². The number of nitrogens with zero attached hydrogens (tertiary/aromatic N) is 3. The third-order valence-electron chi connectivity index (χ3n) is 4.08. The van der Waals surface area contributed by atoms with Gasteiger partial charge in [-0.15, -0.1) is 11.3 Å². The molecule has 22 heavy (non-hydrogen) atoms. The smallest absolute Gasteiger partial charge is 0.270 e. The minimum absolute atomic E-state index is 0.0920. The van der Waals surface area contributed by atoms with Crippen LogP contribution in [0.15, 0.2) is 23.8 Å². The predicted molar refractivity (Wildman–Crippen MR) is 85.7 cm³/mol. The molecule has 0 unspecified atom stereocenters. The van der Waals surface area contributed by atoms with Crippen LogP contribution in [-0.2, 0) is 0 Å². The summed E-state index contributed by atoms with van der Waals surface area (Å²) in [6.45, 7) is 1.87. The first-order valence-corrected chi connectivity index (χ1v) is 8.52. The molecule has 2 aromatic heterocycles. The minimum Gasteiger partial charge on any atom is -0.348 e. The zero-order chi connectivity index (χ0) is 15.5. The molecule has 3 rings (SSSR count). The lowest BCUT2D eigenvalue weighted by Gasteiger charge is -2.29. The molecule has 1 fully saturated rings. The lowest BCUT2D eigenvalue weighted by Crippen LogP contribution is -2.38. The second kappa shape index (κ2) is 6.58. The molecule has 0 radical (unpaired) electrons. The fourth-order valence-electron chi connectivity index (χ4n) is 2.84. The van der Waals surface area contributed by atoms with E-state index in [2.05, 4.69) is 15.4 Å². The molecular formula is C15H21N5OS. The Hall–Kier alpha value is -1.73. The van der Waals surface area contributed by atoms with E-state index in [0.29, 0.717) is 11.7 Å². The molecule has 1 saturated carbocycles. The van der Waals surface area contributed by atoms with Crippen LogP contribution in [0.4, 0.5) is 0 Å². The van der Waals surface area contributed by atoms with Crippen molar-refractivity contribution in [2.24, 2.45) is 5.73 Å². The first-order chi connectivity index (χ1) is 10.6. The number of thiazole rings is 1. The molecule has 0 bridgehead atoms. The fourth-order valence-corrected chi connectivity index (χ4v) is 3.60. The van der Waals surface area contributed by atoms with E-state index in [1.807, 2.05) is 30.1 Å². The summed E-state index contributed by atoms with van der Waals surface area (Å²) in [5.41, 5.74) is 6.26. The quantitative estimate of drug-likeness (QED) is 0.905. The number of aromatic nitrogens is 3. The van der Waals surface area contributed by atoms with Crippen molar-refractivity contribution in [3.05, 3.63) is 34.5 Å². The van der Waals surface area contributed by atoms with Crippen molar-refractivity contribution < 1.29 is 4.79 Å². The summed E-state index contributed by atoms with van der Waals surface area (Å²) in [6, 6.07) is 2.49. The summed E-state index contributed by atoms with van der Waals surface area (Å²) in [6.07, 6.45) is 7.84. The van der Waals surface area contributed by atoms with E-state index < -0.39 is 0 Å². The van der Waals surface area contributed by atoms with E-state index in [1.54, 1.807) is 5.38 Å². The van der Waals surface area contributed by atoms with Crippen LogP contribution < -0.4 is 11.1 Å². The number of carbonyl (C=O) groups is 1. The van der Waals surface area contributed by atoms with Crippen molar-refractivity contribution in [3.63, 3.8) is 0 Å². The lowest BCUT2D eigenvalue weighted by atomic mass is 9.91. The molecule has 2 heterocycles. The lowest BCUT2D eigenvalue weighted by molar-refractivity contribution is 0.0917. The van der Waals surface area contributed by atoms with Crippen molar-refractivity contribution in [1.82, 2.24) is 20.1 Å². The van der Waals surface area contributed by atoms with Crippen LogP contribution in [0, 0.1) is 0 Å². The number of nitrogens with one attached hydrogen (secondary N) is 1. The van der Waals surface area contributed by atoms with Gasteiger partial charge >= 0.3 is 0 Å². The van der Waals surface area contributed by atoms with Gasteiger partial charge in [0.15, 0.2) is 0 Å². The molecule has 0 spiro atoms. The zero-order valence-corrected chi connectivity index (χ0v) is 13.4. The Kier molecular flexibility index (Phi) is 4.54. The van der Waals surface area contributed by atoms with E-state index in [9.17, 15) is 4.79 Å². The van der Waals surface area contributed by atoms with Gasteiger partial charge in [-0.25, -0.2) is 4.98 Å². The van der Waals surface area contributed by atoms with Crippen molar-refractivity contribution >= 4 is 17.2 Å². The van der Waals surface area contributed by atoms with Crippen LogP contribution in [-0.4, -0.2) is 26.7 Å². The maximum Gasteiger partial charge on any atom is 0.270 e. The number of carbonyl (C=O) groups excluding carboxylic acids is 1. The van der Waals surface area contributed by atoms with E-state index in [-0.39, 0.29) is 18.0 Å². The number of hydrogen-bond acceptors (Lipinski definition) is 5. The van der Waals surface area contributed by atoms with Crippen LogP contribution in [0.1, 0.15) is 60.2 Å². The highest BCUT2D eigenvalue weighted by Crippen LogP contribution is 2.28. The van der Waals surface area contributed by atoms with Gasteiger partial charge in [0.1, 0.15) is 10.7 Å². The largest absolute Gasteiger partial charge is 0.348 e. The molecule has 6 nitrogen and oxygen atoms in total. The molecule has 0 aliphatic heterocycles. The molecule has 1 amide bonds. The monoisotopic (exact) mass is 319 g/mol. The third kappa shape index (κ3) is 3.36. The molecule has 1 aliphatic carbocycles. The summed E-state index contributed by atoms with van der Waals surface area (Å²) in [7, 11) is 0. The molecule has 0 aromatic carbocycles. The van der Waals surface area contributed by atoms with Gasteiger partial charge < -0.3 is 11.1 Å². The van der Waals surface area contributed by atoms with Crippen LogP contribution in [0.2, 0.25) is 0 Å². The summed E-state index contributed by atoms with van der Waals surface area (Å²) in [5, 5.41) is 9.97. The second-order valence-corrected chi connectivity index (χ2v) is 6.71. The highest BCUT2D eigenvalue weighted by molar-refractivity contribution is 7.09. The van der Waals surface area contributed by atoms with E-state index in [4.69, 9.17) is 5.73 Å². The van der Waals surface area contributed by atoms with Crippen molar-refractivity contribution in [3.8, 4) is 0 Å². The molecule has 2 aromatic rings. The van der Waals surface area contributed by atoms with Gasteiger partial charge in [-0.1, -0.05) is 0 Å². The second-order valence-electron chi connectivity index (χ2n) is 5.82. The van der Waals surface area contributed by atoms with Crippen molar-refractivity contribution in [1.29, 1.82) is 0 Å². The Morgan fingerprint density at radius 3 is 2.82 bits per heavy atom. The zero-order valence-electron chi connectivity index (χ0n) is 12.6. The average molecular weight is 319 g/mol. The van der Waals surface area contributed by atoms with Gasteiger partial charge in [-0.2, -0.15) is 5.10 Å². The molecular weight excluding hydrogens is 298 g/mol. The van der Waals surface area contributed by atoms with Crippen molar-refractivity contribution in [2.45, 2.75) is 50.7 Å². The van der Waals surface area contributed by atoms with Crippen LogP contribution in [0.5, 0.6) is 0 Å². The van der Waals surface area contributed by atoms with E-state index >= 15 is 0 Å². The Morgan fingerprint density at radius 1 is 1.45 bits per heavy atom. The molecule has 118 valence electrons. The Morgan fingerprint density at radius 2 is 2.23 bits per heavy atom. The summed E-state index contributed by atoms with van der Waals surface area (Å²) < 4.78 is 2.02. The van der Waals surface area contributed by atoms with E-state index in [1.165, 1.54) is 11.3 Å². The molecule has 3 N–H and O–H groups in total. The topological polar surface area (TPSA) is 85.8 Å². The Bertz CT molecular complexity index is 614. The first-order valence-electron chi connectivity index (χ1n) is 7.64. The molecule has 1 aliphatic rings. The van der Waals surface area contributed by atoms with Gasteiger partial charge in [-0.3, -0.25) is 9.48 Å². The predicted octanol–water partition coefficient (Wildman–Crippen LogP) is 2.27. The highest BCUT2D eigenvalue weighted by atomic mass is 32.1. The number of rotatable bonds is 4. The molecule has 0 saturated heterocycles. The summed E-state index contributed by atoms with van der Waals surface area (Å²) in [5.74, 6) is -0.0920. The van der Waals surface area contributed by atoms with Crippen LogP contribution in [0.3, 0.4) is 0 Å². The fraction of sp³-hybridized carbons (Fsp3) is 0.533. The van der Waals surface area contributed by atoms with Crippen molar-refractivity contribution in [2.75, 3.05) is 0 Å². The van der Waals surface area contributed by atoms with Gasteiger partial charge in [0, 0.05) is 23.8 Å². The number of amides is 1. The third-order valence-corrected chi connectivity index (χ3v) is 5.12. The SMILES string of the molecule is C[C@H](N)c1nc(C(=O)NC2CCC(n3cccn3)CC2)cs1. The molecule has 7 heteroatoms. The summed E-state index contributed by atoms with van der Waals surface area (Å²) >= 11 is 1.44. The summed E-state index contributed by atoms with van der Waals surface area (Å²) in [4.78, 5) is 16.5. The van der Waals surface area contributed by atoms with Gasteiger partial charge in [0.05, 0.1) is 12.1 Å². The number of nitrogens with two attached hydrogens (primary N) is 1. The van der Waals surface area contributed by atoms with Gasteiger partial charge in [-0.05, 0) is 38.7 Å². The van der Waals surface area contributed by atoms with Gasteiger partial charge in [0.25, 0.3) is 5.91 Å². The highest BCUT2D eigenvalue weighted by Gasteiger charge is 2.24. The maximum atomic E-state index is 12.2. The minimum atomic E-state index is -0.129. The van der Waals surface area contributed by atoms with E-state index in [0.717, 1.165) is 30.7 Å². The van der Waals surface area contributed by atoms with Crippen LogP contribution in [0.25, 0.3) is 0 Å². The van der Waals surface area contributed by atoms with Gasteiger partial charge in [0.2, 0.25) is 0 Å². The first kappa shape index (κ1) is 15.2. The maximum absolute atomic E-state index is 12.2. The molecule has 1 atom stereocenters. The normalized spacial score (nSPS) is 23.2. The Balaban J connectivity index is 1.52. The number of hydrogen-bond donors (Lipinski definition) is 2. The van der Waals surface area contributed by atoms with Crippen LogP contribution >= 0.6 is 11.3 Å².